The van der Waals surface area contributed by atoms with Gasteiger partial charge in [-0.25, -0.2) is 5.01 Å². The Morgan fingerprint density at radius 1 is 0.971 bits per heavy atom. The molecule has 186 valence electrons. The van der Waals surface area contributed by atoms with Crippen LogP contribution in [0, 0.1) is 12.8 Å². The average molecular weight is 478 g/mol. The molecule has 1 amide bonds. The maximum Gasteiger partial charge on any atom is 0.309 e. The van der Waals surface area contributed by atoms with Gasteiger partial charge in [0.15, 0.2) is 0 Å². The summed E-state index contributed by atoms with van der Waals surface area (Å²) in [6, 6.07) is 16.1. The molecule has 0 aliphatic carbocycles. The lowest BCUT2D eigenvalue weighted by molar-refractivity contribution is -0.149. The number of esters is 1. The number of hydrazone groups is 1. The molecule has 1 atom stereocenters. The van der Waals surface area contributed by atoms with Gasteiger partial charge in [0.25, 0.3) is 5.91 Å². The Labute approximate surface area is 207 Å². The summed E-state index contributed by atoms with van der Waals surface area (Å²) in [5, 5.41) is 6.46. The van der Waals surface area contributed by atoms with E-state index < -0.39 is 0 Å². The Balaban J connectivity index is 1.48. The largest absolute Gasteiger partial charge is 0.494 e. The Morgan fingerprint density at radius 2 is 1.66 bits per heavy atom. The summed E-state index contributed by atoms with van der Waals surface area (Å²) >= 11 is 0. The number of hydrogen-bond donors (Lipinski definition) is 0. The van der Waals surface area contributed by atoms with Crippen LogP contribution < -0.4 is 4.74 Å². The van der Waals surface area contributed by atoms with Crippen LogP contribution in [0.2, 0.25) is 0 Å². The highest BCUT2D eigenvalue weighted by atomic mass is 16.5. The maximum absolute atomic E-state index is 13.5. The highest BCUT2D eigenvalue weighted by Crippen LogP contribution is 2.34. The molecular weight excluding hydrogens is 442 g/mol. The molecule has 7 heteroatoms. The molecule has 0 unspecified atom stereocenters. The van der Waals surface area contributed by atoms with Crippen molar-refractivity contribution in [2.75, 3.05) is 32.8 Å². The normalized spacial score (nSPS) is 18.9. The number of hydrogen-bond acceptors (Lipinski definition) is 6. The molecule has 2 aromatic rings. The highest BCUT2D eigenvalue weighted by Gasteiger charge is 2.35. The van der Waals surface area contributed by atoms with Crippen LogP contribution in [-0.4, -0.2) is 60.3 Å². The monoisotopic (exact) mass is 477 g/mol. The van der Waals surface area contributed by atoms with Crippen molar-refractivity contribution < 1.29 is 19.1 Å². The van der Waals surface area contributed by atoms with Crippen LogP contribution in [0.25, 0.3) is 0 Å². The van der Waals surface area contributed by atoms with Gasteiger partial charge < -0.3 is 9.47 Å². The zero-order valence-electron chi connectivity index (χ0n) is 20.9. The van der Waals surface area contributed by atoms with E-state index in [1.165, 1.54) is 5.56 Å². The molecule has 0 radical (unpaired) electrons. The lowest BCUT2D eigenvalue weighted by atomic mass is 9.96. The second-order valence-electron chi connectivity index (χ2n) is 9.18. The van der Waals surface area contributed by atoms with Crippen molar-refractivity contribution >= 4 is 17.6 Å². The van der Waals surface area contributed by atoms with Gasteiger partial charge in [-0.1, -0.05) is 42.0 Å². The van der Waals surface area contributed by atoms with Gasteiger partial charge >= 0.3 is 5.97 Å². The van der Waals surface area contributed by atoms with Crippen LogP contribution in [0.3, 0.4) is 0 Å². The van der Waals surface area contributed by atoms with Crippen molar-refractivity contribution in [1.82, 2.24) is 9.91 Å². The Hall–Kier alpha value is -3.19. The van der Waals surface area contributed by atoms with E-state index in [2.05, 4.69) is 36.1 Å². The molecule has 0 bridgehead atoms. The number of carbonyl (C=O) groups excluding carboxylic acids is 2. The number of nitrogens with zero attached hydrogens (tertiary/aromatic N) is 3. The standard InChI is InChI=1S/C28H35N3O4/c1-4-34-24-12-10-22(11-13-24)26-18-25(21-8-6-20(3)7-9-21)29-31(26)27(32)19-30-16-14-23(15-17-30)28(33)35-5-2/h6-13,23,26H,4-5,14-19H2,1-3H3/t26-/m1/s1. The van der Waals surface area contributed by atoms with Crippen molar-refractivity contribution in [3.63, 3.8) is 0 Å². The third kappa shape index (κ3) is 6.09. The first kappa shape index (κ1) is 24.9. The Kier molecular flexibility index (Phi) is 8.18. The quantitative estimate of drug-likeness (QED) is 0.529. The molecule has 7 nitrogen and oxygen atoms in total. The van der Waals surface area contributed by atoms with Crippen molar-refractivity contribution in [2.45, 2.75) is 46.1 Å². The molecule has 35 heavy (non-hydrogen) atoms. The number of aryl methyl sites for hydroxylation is 1. The van der Waals surface area contributed by atoms with E-state index in [4.69, 9.17) is 14.6 Å². The number of benzene rings is 2. The minimum absolute atomic E-state index is 0.0272. The highest BCUT2D eigenvalue weighted by molar-refractivity contribution is 6.03. The van der Waals surface area contributed by atoms with Crippen LogP contribution in [-0.2, 0) is 14.3 Å². The van der Waals surface area contributed by atoms with Gasteiger partial charge in [-0.2, -0.15) is 5.10 Å². The molecule has 1 saturated heterocycles. The van der Waals surface area contributed by atoms with E-state index in [0.29, 0.717) is 45.6 Å². The lowest BCUT2D eigenvalue weighted by Gasteiger charge is -2.32. The Morgan fingerprint density at radius 3 is 2.29 bits per heavy atom. The first-order valence-corrected chi connectivity index (χ1v) is 12.6. The van der Waals surface area contributed by atoms with Gasteiger partial charge in [0.1, 0.15) is 5.75 Å². The maximum atomic E-state index is 13.5. The molecule has 2 aliphatic rings. The average Bonchev–Trinajstić information content (AvgIpc) is 3.31. The second kappa shape index (κ2) is 11.5. The first-order valence-electron chi connectivity index (χ1n) is 12.6. The molecule has 1 fully saturated rings. The van der Waals surface area contributed by atoms with E-state index in [1.54, 1.807) is 5.01 Å². The minimum Gasteiger partial charge on any atom is -0.494 e. The zero-order valence-corrected chi connectivity index (χ0v) is 20.9. The molecule has 4 rings (SSSR count). The van der Waals surface area contributed by atoms with Crippen LogP contribution in [0.15, 0.2) is 53.6 Å². The van der Waals surface area contributed by atoms with Crippen molar-refractivity contribution in [2.24, 2.45) is 11.0 Å². The predicted octanol–water partition coefficient (Wildman–Crippen LogP) is 4.35. The molecule has 0 saturated carbocycles. The minimum atomic E-state index is -0.161. The lowest BCUT2D eigenvalue weighted by Crippen LogP contribution is -2.43. The summed E-state index contributed by atoms with van der Waals surface area (Å²) in [7, 11) is 0. The van der Waals surface area contributed by atoms with Crippen LogP contribution in [0.5, 0.6) is 5.75 Å². The fourth-order valence-corrected chi connectivity index (χ4v) is 4.72. The number of carbonyl (C=O) groups is 2. The van der Waals surface area contributed by atoms with E-state index in [0.717, 1.165) is 22.6 Å². The third-order valence-corrected chi connectivity index (χ3v) is 6.69. The number of rotatable bonds is 8. The number of piperidine rings is 1. The fourth-order valence-electron chi connectivity index (χ4n) is 4.72. The smallest absolute Gasteiger partial charge is 0.309 e. The summed E-state index contributed by atoms with van der Waals surface area (Å²) in [4.78, 5) is 27.6. The number of amides is 1. The first-order chi connectivity index (χ1) is 17.0. The summed E-state index contributed by atoms with van der Waals surface area (Å²) in [5.74, 6) is 0.591. The molecule has 2 aliphatic heterocycles. The van der Waals surface area contributed by atoms with E-state index >= 15 is 0 Å². The van der Waals surface area contributed by atoms with E-state index in [-0.39, 0.29) is 30.4 Å². The van der Waals surface area contributed by atoms with E-state index in [1.807, 2.05) is 38.1 Å². The van der Waals surface area contributed by atoms with Crippen molar-refractivity contribution in [3.8, 4) is 5.75 Å². The van der Waals surface area contributed by atoms with Gasteiger partial charge in [0.2, 0.25) is 0 Å². The molecule has 0 N–H and O–H groups in total. The van der Waals surface area contributed by atoms with Crippen LogP contribution >= 0.6 is 0 Å². The zero-order chi connectivity index (χ0) is 24.8. The molecule has 0 spiro atoms. The topological polar surface area (TPSA) is 71.4 Å². The third-order valence-electron chi connectivity index (χ3n) is 6.69. The second-order valence-corrected chi connectivity index (χ2v) is 9.18. The molecule has 2 heterocycles. The number of ether oxygens (including phenoxy) is 2. The summed E-state index contributed by atoms with van der Waals surface area (Å²) in [6.45, 7) is 8.55. The van der Waals surface area contributed by atoms with E-state index in [9.17, 15) is 9.59 Å². The predicted molar refractivity (Wildman–Crippen MR) is 135 cm³/mol. The van der Waals surface area contributed by atoms with Crippen LogP contribution in [0.4, 0.5) is 0 Å². The Bertz CT molecular complexity index is 1040. The molecular formula is C28H35N3O4. The SMILES string of the molecule is CCOC(=O)C1CCN(CC(=O)N2N=C(c3ccc(C)cc3)C[C@@H]2c2ccc(OCC)cc2)CC1. The van der Waals surface area contributed by atoms with Gasteiger partial charge in [0, 0.05) is 6.42 Å². The van der Waals surface area contributed by atoms with Gasteiger partial charge in [-0.05, 0) is 70.0 Å². The summed E-state index contributed by atoms with van der Waals surface area (Å²) < 4.78 is 10.8. The van der Waals surface area contributed by atoms with Gasteiger partial charge in [0.05, 0.1) is 37.4 Å². The summed E-state index contributed by atoms with van der Waals surface area (Å²) in [6.07, 6.45) is 2.09. The fraction of sp³-hybridized carbons (Fsp3) is 0.464. The molecule has 0 aromatic heterocycles. The summed E-state index contributed by atoms with van der Waals surface area (Å²) in [5.41, 5.74) is 4.18. The van der Waals surface area contributed by atoms with Gasteiger partial charge in [-0.15, -0.1) is 0 Å². The molecule has 2 aromatic carbocycles. The van der Waals surface area contributed by atoms with Crippen molar-refractivity contribution in [3.05, 3.63) is 65.2 Å². The van der Waals surface area contributed by atoms with Gasteiger partial charge in [-0.3, -0.25) is 14.5 Å². The van der Waals surface area contributed by atoms with Crippen LogP contribution in [0.1, 0.15) is 55.8 Å². The van der Waals surface area contributed by atoms with Crippen molar-refractivity contribution in [1.29, 1.82) is 0 Å². The number of likely N-dealkylation sites (tertiary alicyclic amines) is 1.